The predicted octanol–water partition coefficient (Wildman–Crippen LogP) is 2.64. The molecule has 1 amide bonds. The van der Waals surface area contributed by atoms with Crippen molar-refractivity contribution < 1.29 is 22.7 Å². The lowest BCUT2D eigenvalue weighted by molar-refractivity contribution is 0.0720. The highest BCUT2D eigenvalue weighted by Crippen LogP contribution is 2.25. The molecule has 2 fully saturated rings. The van der Waals surface area contributed by atoms with Crippen molar-refractivity contribution in [2.75, 3.05) is 51.4 Å². The van der Waals surface area contributed by atoms with E-state index < -0.39 is 10.0 Å². The molecule has 9 heteroatoms. The van der Waals surface area contributed by atoms with Gasteiger partial charge in [0.05, 0.1) is 30.8 Å². The highest BCUT2D eigenvalue weighted by Gasteiger charge is 2.24. The van der Waals surface area contributed by atoms with Crippen LogP contribution in [0, 0.1) is 0 Å². The zero-order valence-corrected chi connectivity index (χ0v) is 19.8. The van der Waals surface area contributed by atoms with Crippen LogP contribution in [0.1, 0.15) is 35.2 Å². The monoisotopic (exact) mass is 473 g/mol. The van der Waals surface area contributed by atoms with E-state index in [4.69, 9.17) is 9.47 Å². The van der Waals surface area contributed by atoms with E-state index in [1.54, 1.807) is 11.0 Å². The van der Waals surface area contributed by atoms with Crippen molar-refractivity contribution in [2.24, 2.45) is 0 Å². The molecule has 33 heavy (non-hydrogen) atoms. The fraction of sp³-hybridized carbons (Fsp3) is 0.458. The number of sulfonamides is 1. The van der Waals surface area contributed by atoms with Gasteiger partial charge < -0.3 is 19.3 Å². The molecule has 2 saturated heterocycles. The third kappa shape index (κ3) is 5.66. The van der Waals surface area contributed by atoms with Crippen molar-refractivity contribution in [1.29, 1.82) is 0 Å². The summed E-state index contributed by atoms with van der Waals surface area (Å²) < 4.78 is 39.3. The topological polar surface area (TPSA) is 88.2 Å². The first-order chi connectivity index (χ1) is 16.0. The van der Waals surface area contributed by atoms with Crippen LogP contribution in [-0.2, 0) is 21.3 Å². The first-order valence-electron chi connectivity index (χ1n) is 11.4. The molecule has 178 valence electrons. The number of benzene rings is 2. The Balaban J connectivity index is 1.46. The van der Waals surface area contributed by atoms with Gasteiger partial charge in [-0.1, -0.05) is 12.1 Å². The quantitative estimate of drug-likeness (QED) is 0.665. The number of morpholine rings is 1. The summed E-state index contributed by atoms with van der Waals surface area (Å²) in [5, 5.41) is 0. The van der Waals surface area contributed by atoms with Gasteiger partial charge in [0.1, 0.15) is 5.75 Å². The summed E-state index contributed by atoms with van der Waals surface area (Å²) in [6.07, 6.45) is 3.02. The Bertz CT molecular complexity index is 1060. The van der Waals surface area contributed by atoms with E-state index in [0.29, 0.717) is 32.1 Å². The van der Waals surface area contributed by atoms with Crippen LogP contribution < -0.4 is 14.4 Å². The summed E-state index contributed by atoms with van der Waals surface area (Å²) in [7, 11) is -2.32. The highest BCUT2D eigenvalue weighted by molar-refractivity contribution is 7.89. The molecule has 0 radical (unpaired) electrons. The van der Waals surface area contributed by atoms with E-state index in [1.165, 1.54) is 19.2 Å². The number of ether oxygens (including phenoxy) is 2. The van der Waals surface area contributed by atoms with Crippen molar-refractivity contribution in [3.8, 4) is 5.75 Å². The molecule has 0 saturated carbocycles. The summed E-state index contributed by atoms with van der Waals surface area (Å²) in [5.74, 6) is 0.186. The Morgan fingerprint density at radius 2 is 1.70 bits per heavy atom. The lowest BCUT2D eigenvalue weighted by atomic mass is 10.1. The van der Waals surface area contributed by atoms with Crippen molar-refractivity contribution >= 4 is 21.6 Å². The lowest BCUT2D eigenvalue weighted by Gasteiger charge is -2.28. The SMILES string of the molecule is COc1ccc(S(=O)(=O)NCc2ccc(N3CCOCC3)cc2)cc1C(=O)N1CCCCC1. The first-order valence-corrected chi connectivity index (χ1v) is 12.8. The summed E-state index contributed by atoms with van der Waals surface area (Å²) >= 11 is 0. The van der Waals surface area contributed by atoms with Gasteiger partial charge in [0, 0.05) is 38.4 Å². The molecular weight excluding hydrogens is 442 g/mol. The third-order valence-corrected chi connectivity index (χ3v) is 7.53. The van der Waals surface area contributed by atoms with Crippen LogP contribution in [0.25, 0.3) is 0 Å². The van der Waals surface area contributed by atoms with Crippen LogP contribution >= 0.6 is 0 Å². The second-order valence-electron chi connectivity index (χ2n) is 8.31. The van der Waals surface area contributed by atoms with Crippen LogP contribution in [0.15, 0.2) is 47.4 Å². The van der Waals surface area contributed by atoms with Gasteiger partial charge in [-0.3, -0.25) is 4.79 Å². The maximum Gasteiger partial charge on any atom is 0.257 e. The zero-order chi connectivity index (χ0) is 23.3. The van der Waals surface area contributed by atoms with Gasteiger partial charge in [-0.25, -0.2) is 13.1 Å². The van der Waals surface area contributed by atoms with Crippen LogP contribution in [0.3, 0.4) is 0 Å². The predicted molar refractivity (Wildman–Crippen MR) is 126 cm³/mol. The van der Waals surface area contributed by atoms with Crippen molar-refractivity contribution in [2.45, 2.75) is 30.7 Å². The molecule has 2 aliphatic heterocycles. The molecule has 2 heterocycles. The number of rotatable bonds is 7. The van der Waals surface area contributed by atoms with Gasteiger partial charge >= 0.3 is 0 Å². The zero-order valence-electron chi connectivity index (χ0n) is 19.0. The van der Waals surface area contributed by atoms with Gasteiger partial charge in [-0.05, 0) is 55.2 Å². The van der Waals surface area contributed by atoms with Gasteiger partial charge in [0.25, 0.3) is 5.91 Å². The summed E-state index contributed by atoms with van der Waals surface area (Å²) in [6, 6.07) is 12.3. The van der Waals surface area contributed by atoms with E-state index in [2.05, 4.69) is 9.62 Å². The molecular formula is C24H31N3O5S. The molecule has 2 aromatic carbocycles. The Morgan fingerprint density at radius 1 is 1.00 bits per heavy atom. The molecule has 0 bridgehead atoms. The standard InChI is InChI=1S/C24H31N3O5S/c1-31-23-10-9-21(17-22(23)24(28)27-11-3-2-4-12-27)33(29,30)25-18-19-5-7-20(8-6-19)26-13-15-32-16-14-26/h5-10,17,25H,2-4,11-16,18H2,1H3. The minimum atomic E-state index is -3.80. The minimum absolute atomic E-state index is 0.0496. The highest BCUT2D eigenvalue weighted by atomic mass is 32.2. The van der Waals surface area contributed by atoms with E-state index in [-0.39, 0.29) is 22.9 Å². The number of amides is 1. The van der Waals surface area contributed by atoms with Crippen LogP contribution in [0.2, 0.25) is 0 Å². The molecule has 8 nitrogen and oxygen atoms in total. The number of carbonyl (C=O) groups excluding carboxylic acids is 1. The van der Waals surface area contributed by atoms with E-state index >= 15 is 0 Å². The van der Waals surface area contributed by atoms with Gasteiger partial charge in [0.15, 0.2) is 0 Å². The fourth-order valence-electron chi connectivity index (χ4n) is 4.20. The first kappa shape index (κ1) is 23.5. The summed E-state index contributed by atoms with van der Waals surface area (Å²) in [4.78, 5) is 17.1. The second kappa shape index (κ2) is 10.5. The van der Waals surface area contributed by atoms with Crippen molar-refractivity contribution in [3.05, 3.63) is 53.6 Å². The van der Waals surface area contributed by atoms with E-state index in [0.717, 1.165) is 43.6 Å². The van der Waals surface area contributed by atoms with E-state index in [1.807, 2.05) is 24.3 Å². The molecule has 0 aromatic heterocycles. The van der Waals surface area contributed by atoms with Crippen molar-refractivity contribution in [1.82, 2.24) is 9.62 Å². The molecule has 0 atom stereocenters. The maximum atomic E-state index is 13.0. The van der Waals surface area contributed by atoms with E-state index in [9.17, 15) is 13.2 Å². The lowest BCUT2D eigenvalue weighted by Crippen LogP contribution is -2.36. The Morgan fingerprint density at radius 3 is 2.36 bits per heavy atom. The van der Waals surface area contributed by atoms with Gasteiger partial charge in [-0.2, -0.15) is 0 Å². The molecule has 1 N–H and O–H groups in total. The van der Waals surface area contributed by atoms with Crippen LogP contribution in [0.4, 0.5) is 5.69 Å². The molecule has 0 spiro atoms. The normalized spacial score (nSPS) is 17.1. The summed E-state index contributed by atoms with van der Waals surface area (Å²) in [6.45, 7) is 4.64. The molecule has 2 aromatic rings. The minimum Gasteiger partial charge on any atom is -0.496 e. The number of methoxy groups -OCH3 is 1. The molecule has 0 unspecified atom stereocenters. The number of anilines is 1. The number of nitrogens with zero attached hydrogens (tertiary/aromatic N) is 2. The van der Waals surface area contributed by atoms with Crippen LogP contribution in [-0.4, -0.2) is 65.7 Å². The Kier molecular flexibility index (Phi) is 7.52. The largest absolute Gasteiger partial charge is 0.496 e. The number of hydrogen-bond acceptors (Lipinski definition) is 6. The Labute approximate surface area is 195 Å². The molecule has 2 aliphatic rings. The Hall–Kier alpha value is -2.62. The van der Waals surface area contributed by atoms with Crippen molar-refractivity contribution in [3.63, 3.8) is 0 Å². The maximum absolute atomic E-state index is 13.0. The number of piperidine rings is 1. The smallest absolute Gasteiger partial charge is 0.257 e. The number of likely N-dealkylation sites (tertiary alicyclic amines) is 1. The van der Waals surface area contributed by atoms with Gasteiger partial charge in [-0.15, -0.1) is 0 Å². The number of hydrogen-bond donors (Lipinski definition) is 1. The summed E-state index contributed by atoms with van der Waals surface area (Å²) in [5.41, 5.74) is 2.23. The third-order valence-electron chi connectivity index (χ3n) is 6.13. The second-order valence-corrected chi connectivity index (χ2v) is 10.1. The fourth-order valence-corrected chi connectivity index (χ4v) is 5.24. The van der Waals surface area contributed by atoms with Crippen LogP contribution in [0.5, 0.6) is 5.75 Å². The molecule has 0 aliphatic carbocycles. The average Bonchev–Trinajstić information content (AvgIpc) is 2.88. The van der Waals surface area contributed by atoms with Gasteiger partial charge in [0.2, 0.25) is 10.0 Å². The average molecular weight is 474 g/mol. The molecule has 4 rings (SSSR count). The number of nitrogens with one attached hydrogen (secondary N) is 1. The number of carbonyl (C=O) groups is 1.